The molecule has 186 valence electrons. The number of rotatable bonds is 5. The number of carbonyl (C=O) groups is 1. The Morgan fingerprint density at radius 3 is 2.66 bits per heavy atom. The number of hydrazone groups is 1. The van der Waals surface area contributed by atoms with Gasteiger partial charge in [0.2, 0.25) is 0 Å². The van der Waals surface area contributed by atoms with Crippen LogP contribution in [-0.4, -0.2) is 41.4 Å². The molecular formula is C26H32N4O3S2. The summed E-state index contributed by atoms with van der Waals surface area (Å²) in [5, 5.41) is 7.28. The van der Waals surface area contributed by atoms with E-state index in [4.69, 9.17) is 9.84 Å². The number of unbranched alkanes of at least 4 members (excludes halogenated alkanes) is 1. The number of methoxy groups -OCH3 is 1. The second-order valence-corrected chi connectivity index (χ2v) is 11.4. The third-order valence-corrected chi connectivity index (χ3v) is 9.58. The number of thioether (sulfide) groups is 1. The Morgan fingerprint density at radius 2 is 1.94 bits per heavy atom. The molecule has 1 aromatic heterocycles. The van der Waals surface area contributed by atoms with E-state index in [0.717, 1.165) is 64.5 Å². The van der Waals surface area contributed by atoms with Crippen molar-refractivity contribution in [2.24, 2.45) is 5.10 Å². The fourth-order valence-electron chi connectivity index (χ4n) is 5.05. The van der Waals surface area contributed by atoms with E-state index in [1.54, 1.807) is 23.9 Å². The first-order valence-corrected chi connectivity index (χ1v) is 14.0. The zero-order valence-electron chi connectivity index (χ0n) is 20.8. The molecule has 9 heteroatoms. The van der Waals surface area contributed by atoms with Crippen molar-refractivity contribution in [1.82, 2.24) is 9.58 Å². The molecule has 5 rings (SSSR count). The number of aromatic nitrogens is 1. The number of anilines is 1. The quantitative estimate of drug-likeness (QED) is 0.611. The van der Waals surface area contributed by atoms with Gasteiger partial charge in [-0.2, -0.15) is 5.10 Å². The molecule has 0 N–H and O–H groups in total. The van der Waals surface area contributed by atoms with E-state index in [2.05, 4.69) is 11.8 Å². The Bertz CT molecular complexity index is 1370. The van der Waals surface area contributed by atoms with Crippen LogP contribution in [0.25, 0.3) is 10.6 Å². The molecule has 1 fully saturated rings. The van der Waals surface area contributed by atoms with Crippen LogP contribution in [0.3, 0.4) is 0 Å². The summed E-state index contributed by atoms with van der Waals surface area (Å²) >= 11 is 3.02. The van der Waals surface area contributed by atoms with Crippen molar-refractivity contribution in [3.05, 3.63) is 37.7 Å². The average molecular weight is 513 g/mol. The molecule has 3 heterocycles. The molecule has 1 amide bonds. The van der Waals surface area contributed by atoms with Crippen LogP contribution in [0, 0.1) is 0 Å². The maximum Gasteiger partial charge on any atom is 0.279 e. The van der Waals surface area contributed by atoms with Crippen molar-refractivity contribution < 1.29 is 9.53 Å². The fraction of sp³-hybridized carbons (Fsp3) is 0.500. The summed E-state index contributed by atoms with van der Waals surface area (Å²) in [4.78, 5) is 30.5. The summed E-state index contributed by atoms with van der Waals surface area (Å²) in [6.45, 7) is 4.61. The molecule has 35 heavy (non-hydrogen) atoms. The van der Waals surface area contributed by atoms with Gasteiger partial charge in [0.1, 0.15) is 20.0 Å². The van der Waals surface area contributed by atoms with Crippen molar-refractivity contribution in [1.29, 1.82) is 0 Å². The van der Waals surface area contributed by atoms with Crippen LogP contribution in [0.4, 0.5) is 5.69 Å². The Kier molecular flexibility index (Phi) is 6.81. The SMILES string of the molecule is CCCCn1c(=C2C(=O)N(C3CCCCC3)N=C2C)sc(=C2Sc3ccc(OC)cc3N2C)c1=O. The van der Waals surface area contributed by atoms with Crippen molar-refractivity contribution in [2.45, 2.75) is 76.3 Å². The van der Waals surface area contributed by atoms with Gasteiger partial charge in [-0.25, -0.2) is 5.01 Å². The zero-order chi connectivity index (χ0) is 24.7. The van der Waals surface area contributed by atoms with Gasteiger partial charge in [-0.15, -0.1) is 11.3 Å². The molecule has 2 aromatic rings. The molecule has 0 radical (unpaired) electrons. The molecule has 0 saturated heterocycles. The van der Waals surface area contributed by atoms with E-state index in [0.29, 0.717) is 22.4 Å². The van der Waals surface area contributed by atoms with Gasteiger partial charge in [-0.1, -0.05) is 44.4 Å². The molecule has 2 aliphatic heterocycles. The highest BCUT2D eigenvalue weighted by Gasteiger charge is 2.35. The number of amides is 1. The predicted octanol–water partition coefficient (Wildman–Crippen LogP) is 3.73. The maximum absolute atomic E-state index is 13.8. The first kappa shape index (κ1) is 24.2. The van der Waals surface area contributed by atoms with Crippen LogP contribution < -0.4 is 24.4 Å². The van der Waals surface area contributed by atoms with Gasteiger partial charge in [0.05, 0.1) is 30.1 Å². The molecule has 0 atom stereocenters. The first-order valence-electron chi connectivity index (χ1n) is 12.4. The summed E-state index contributed by atoms with van der Waals surface area (Å²) < 4.78 is 8.62. The maximum atomic E-state index is 13.8. The lowest BCUT2D eigenvalue weighted by Gasteiger charge is -2.27. The van der Waals surface area contributed by atoms with Crippen LogP contribution in [0.15, 0.2) is 33.0 Å². The topological polar surface area (TPSA) is 67.1 Å². The minimum absolute atomic E-state index is 0.0308. The largest absolute Gasteiger partial charge is 0.497 e. The van der Waals surface area contributed by atoms with Gasteiger partial charge in [0.25, 0.3) is 11.5 Å². The Labute approximate surface area is 213 Å². The van der Waals surface area contributed by atoms with E-state index in [-0.39, 0.29) is 17.5 Å². The molecule has 7 nitrogen and oxygen atoms in total. The number of carbonyl (C=O) groups excluding carboxylic acids is 1. The summed E-state index contributed by atoms with van der Waals surface area (Å²) in [5.74, 6) is 0.726. The van der Waals surface area contributed by atoms with E-state index in [9.17, 15) is 9.59 Å². The van der Waals surface area contributed by atoms with Crippen LogP contribution in [0.5, 0.6) is 5.75 Å². The van der Waals surface area contributed by atoms with Crippen molar-refractivity contribution in [3.8, 4) is 5.75 Å². The number of hydrogen-bond acceptors (Lipinski definition) is 7. The van der Waals surface area contributed by atoms with E-state index < -0.39 is 0 Å². The third kappa shape index (κ3) is 4.22. The minimum Gasteiger partial charge on any atom is -0.497 e. The molecule has 1 aromatic carbocycles. The smallest absolute Gasteiger partial charge is 0.279 e. The Balaban J connectivity index is 1.66. The van der Waals surface area contributed by atoms with Crippen molar-refractivity contribution in [3.63, 3.8) is 0 Å². The lowest BCUT2D eigenvalue weighted by molar-refractivity contribution is -0.126. The Morgan fingerprint density at radius 1 is 1.17 bits per heavy atom. The normalized spacial score (nSPS) is 21.6. The monoisotopic (exact) mass is 512 g/mol. The molecule has 0 bridgehead atoms. The highest BCUT2D eigenvalue weighted by molar-refractivity contribution is 8.08. The number of hydrogen-bond donors (Lipinski definition) is 0. The molecular weight excluding hydrogens is 480 g/mol. The number of fused-ring (bicyclic) bond motifs is 1. The fourth-order valence-corrected chi connectivity index (χ4v) is 7.60. The summed E-state index contributed by atoms with van der Waals surface area (Å²) in [7, 11) is 3.64. The van der Waals surface area contributed by atoms with Gasteiger partial charge in [-0.05, 0) is 38.3 Å². The highest BCUT2D eigenvalue weighted by atomic mass is 32.2. The van der Waals surface area contributed by atoms with Crippen LogP contribution in [-0.2, 0) is 11.3 Å². The van der Waals surface area contributed by atoms with Crippen LogP contribution >= 0.6 is 23.1 Å². The first-order chi connectivity index (χ1) is 16.9. The average Bonchev–Trinajstić information content (AvgIpc) is 3.48. The van der Waals surface area contributed by atoms with Gasteiger partial charge in [0.15, 0.2) is 0 Å². The lowest BCUT2D eigenvalue weighted by Crippen LogP contribution is -2.38. The molecule has 1 aliphatic carbocycles. The lowest BCUT2D eigenvalue weighted by atomic mass is 9.95. The van der Waals surface area contributed by atoms with Gasteiger partial charge < -0.3 is 9.64 Å². The number of nitrogens with zero attached hydrogens (tertiary/aromatic N) is 4. The van der Waals surface area contributed by atoms with E-state index in [1.807, 2.05) is 36.7 Å². The van der Waals surface area contributed by atoms with Gasteiger partial charge >= 0.3 is 0 Å². The molecule has 0 spiro atoms. The number of ether oxygens (including phenoxy) is 1. The van der Waals surface area contributed by atoms with Gasteiger partial charge in [-0.3, -0.25) is 14.2 Å². The van der Waals surface area contributed by atoms with Crippen LogP contribution in [0.2, 0.25) is 0 Å². The number of benzene rings is 1. The second kappa shape index (κ2) is 9.85. The molecule has 1 saturated carbocycles. The van der Waals surface area contributed by atoms with Crippen LogP contribution in [0.1, 0.15) is 58.8 Å². The summed E-state index contributed by atoms with van der Waals surface area (Å²) in [6, 6.07) is 6.12. The predicted molar refractivity (Wildman–Crippen MR) is 144 cm³/mol. The third-order valence-electron chi connectivity index (χ3n) is 7.03. The van der Waals surface area contributed by atoms with Crippen molar-refractivity contribution in [2.75, 3.05) is 19.1 Å². The highest BCUT2D eigenvalue weighted by Crippen LogP contribution is 2.46. The van der Waals surface area contributed by atoms with E-state index >= 15 is 0 Å². The standard InChI is InChI=1S/C26H32N4O3S2/c1-5-6-14-29-24(32)22(26-28(3)19-15-18(33-4)12-13-20(19)34-26)35-25(29)21-16(2)27-30(23(21)31)17-10-8-7-9-11-17/h12-13,15,17H,5-11,14H2,1-4H3. The summed E-state index contributed by atoms with van der Waals surface area (Å²) in [6.07, 6.45) is 7.33. The molecule has 0 unspecified atom stereocenters. The number of thiazole rings is 1. The summed E-state index contributed by atoms with van der Waals surface area (Å²) in [5.41, 5.74) is 2.29. The zero-order valence-corrected chi connectivity index (χ0v) is 22.4. The molecule has 3 aliphatic rings. The second-order valence-electron chi connectivity index (χ2n) is 9.35. The van der Waals surface area contributed by atoms with E-state index in [1.165, 1.54) is 17.8 Å². The minimum atomic E-state index is -0.0575. The van der Waals surface area contributed by atoms with Crippen molar-refractivity contribution >= 4 is 51.0 Å². The Hall–Kier alpha value is -2.52. The van der Waals surface area contributed by atoms with Gasteiger partial charge in [0, 0.05) is 24.6 Å².